The Morgan fingerprint density at radius 2 is 1.90 bits per heavy atom. The third-order valence-electron chi connectivity index (χ3n) is 5.82. The molecule has 0 aliphatic carbocycles. The lowest BCUT2D eigenvalue weighted by Crippen LogP contribution is -2.41. The molecule has 0 radical (unpaired) electrons. The molecule has 0 spiro atoms. The molecule has 1 amide bonds. The molecule has 4 aromatic rings. The Balaban J connectivity index is 1.28. The number of nitrogens with one attached hydrogen (secondary N) is 1. The number of aromatic nitrogens is 4. The summed E-state index contributed by atoms with van der Waals surface area (Å²) >= 11 is 0. The summed E-state index contributed by atoms with van der Waals surface area (Å²) in [4.78, 5) is 34.8. The summed E-state index contributed by atoms with van der Waals surface area (Å²) in [6, 6.07) is 11.3. The van der Waals surface area contributed by atoms with E-state index in [0.29, 0.717) is 24.4 Å². The number of hydrogen-bond donors (Lipinski definition) is 1. The molecule has 1 aliphatic rings. The van der Waals surface area contributed by atoms with Crippen molar-refractivity contribution in [1.29, 1.82) is 0 Å². The maximum absolute atomic E-state index is 12.8. The minimum Gasteiger partial charge on any atom is -0.346 e. The van der Waals surface area contributed by atoms with Crippen LogP contribution in [0.5, 0.6) is 0 Å². The molecule has 1 aliphatic heterocycles. The van der Waals surface area contributed by atoms with Crippen LogP contribution in [-0.4, -0.2) is 43.6 Å². The molecule has 29 heavy (non-hydrogen) atoms. The van der Waals surface area contributed by atoms with Crippen molar-refractivity contribution < 1.29 is 4.79 Å². The van der Waals surface area contributed by atoms with Crippen LogP contribution in [0.4, 0.5) is 0 Å². The normalized spacial score (nSPS) is 15.2. The average Bonchev–Trinajstić information content (AvgIpc) is 3.20. The topological polar surface area (TPSA) is 83.9 Å². The fourth-order valence-corrected chi connectivity index (χ4v) is 4.22. The predicted molar refractivity (Wildman–Crippen MR) is 111 cm³/mol. The summed E-state index contributed by atoms with van der Waals surface area (Å²) in [5.74, 6) is 0.340. The van der Waals surface area contributed by atoms with Crippen LogP contribution in [0.3, 0.4) is 0 Å². The number of carbonyl (C=O) groups is 1. The summed E-state index contributed by atoms with van der Waals surface area (Å²) in [5.41, 5.74) is 1.95. The lowest BCUT2D eigenvalue weighted by Gasteiger charge is -2.32. The van der Waals surface area contributed by atoms with Gasteiger partial charge in [0, 0.05) is 36.3 Å². The maximum atomic E-state index is 12.8. The van der Waals surface area contributed by atoms with E-state index >= 15 is 0 Å². The number of piperidine rings is 1. The van der Waals surface area contributed by atoms with Gasteiger partial charge in [0.25, 0.3) is 5.56 Å². The Hall–Kier alpha value is -3.48. The second-order valence-corrected chi connectivity index (χ2v) is 7.49. The van der Waals surface area contributed by atoms with Gasteiger partial charge in [-0.3, -0.25) is 9.59 Å². The Morgan fingerprint density at radius 1 is 1.10 bits per heavy atom. The van der Waals surface area contributed by atoms with Gasteiger partial charge in [0.05, 0.1) is 11.6 Å². The monoisotopic (exact) mass is 387 g/mol. The molecule has 7 heteroatoms. The Morgan fingerprint density at radius 3 is 2.76 bits per heavy atom. The Bertz CT molecular complexity index is 1250. The van der Waals surface area contributed by atoms with E-state index in [4.69, 9.17) is 0 Å². The number of benzene rings is 1. The lowest BCUT2D eigenvalue weighted by atomic mass is 9.89. The highest BCUT2D eigenvalue weighted by molar-refractivity contribution is 5.82. The number of carbonyl (C=O) groups excluding carboxylic acids is 1. The summed E-state index contributed by atoms with van der Waals surface area (Å²) < 4.78 is 1.27. The number of hydrogen-bond acceptors (Lipinski definition) is 4. The number of rotatable bonds is 3. The number of nitrogens with zero attached hydrogens (tertiary/aromatic N) is 4. The first kappa shape index (κ1) is 17.6. The zero-order chi connectivity index (χ0) is 19.8. The van der Waals surface area contributed by atoms with Gasteiger partial charge in [0.1, 0.15) is 12.2 Å². The molecule has 1 saturated heterocycles. The number of H-pyrrole nitrogens is 1. The van der Waals surface area contributed by atoms with E-state index in [9.17, 15) is 9.59 Å². The first-order chi connectivity index (χ1) is 14.2. The Labute approximate surface area is 167 Å². The molecule has 4 heterocycles. The molecule has 0 atom stereocenters. The van der Waals surface area contributed by atoms with Gasteiger partial charge >= 0.3 is 0 Å². The number of amides is 1. The van der Waals surface area contributed by atoms with Gasteiger partial charge in [0.15, 0.2) is 0 Å². The maximum Gasteiger partial charge on any atom is 0.275 e. The summed E-state index contributed by atoms with van der Waals surface area (Å²) in [5, 5.41) is 6.71. The zero-order valence-electron chi connectivity index (χ0n) is 15.9. The highest BCUT2D eigenvalue weighted by atomic mass is 16.2. The molecule has 1 aromatic carbocycles. The van der Waals surface area contributed by atoms with Gasteiger partial charge in [-0.25, -0.2) is 9.67 Å². The van der Waals surface area contributed by atoms with Crippen LogP contribution in [-0.2, 0) is 11.3 Å². The van der Waals surface area contributed by atoms with Crippen LogP contribution < -0.4 is 5.56 Å². The van der Waals surface area contributed by atoms with E-state index in [1.807, 2.05) is 35.4 Å². The largest absolute Gasteiger partial charge is 0.346 e. The third kappa shape index (κ3) is 3.18. The molecule has 3 aromatic heterocycles. The second-order valence-electron chi connectivity index (χ2n) is 7.49. The van der Waals surface area contributed by atoms with Crippen molar-refractivity contribution in [3.05, 3.63) is 70.9 Å². The summed E-state index contributed by atoms with van der Waals surface area (Å²) in [7, 11) is 0. The predicted octanol–water partition coefficient (Wildman–Crippen LogP) is 2.68. The molecule has 1 fully saturated rings. The van der Waals surface area contributed by atoms with Crippen molar-refractivity contribution in [3.63, 3.8) is 0 Å². The third-order valence-corrected chi connectivity index (χ3v) is 5.82. The van der Waals surface area contributed by atoms with E-state index in [1.165, 1.54) is 10.2 Å². The van der Waals surface area contributed by atoms with Crippen molar-refractivity contribution in [2.45, 2.75) is 25.3 Å². The molecule has 5 rings (SSSR count). The van der Waals surface area contributed by atoms with Crippen LogP contribution in [0.25, 0.3) is 21.8 Å². The molecule has 7 nitrogen and oxygen atoms in total. The van der Waals surface area contributed by atoms with Gasteiger partial charge in [-0.2, -0.15) is 5.10 Å². The summed E-state index contributed by atoms with van der Waals surface area (Å²) in [6.45, 7) is 1.34. The van der Waals surface area contributed by atoms with Crippen LogP contribution in [0, 0.1) is 0 Å². The number of pyridine rings is 1. The van der Waals surface area contributed by atoms with E-state index < -0.39 is 0 Å². The van der Waals surface area contributed by atoms with E-state index in [-0.39, 0.29) is 18.0 Å². The van der Waals surface area contributed by atoms with Gasteiger partial charge in [0.2, 0.25) is 5.91 Å². The Kier molecular flexibility index (Phi) is 4.35. The molecule has 0 saturated carbocycles. The quantitative estimate of drug-likeness (QED) is 0.586. The molecule has 1 N–H and O–H groups in total. The van der Waals surface area contributed by atoms with Crippen LogP contribution in [0.15, 0.2) is 59.8 Å². The molecule has 0 unspecified atom stereocenters. The smallest absolute Gasteiger partial charge is 0.275 e. The van der Waals surface area contributed by atoms with E-state index in [1.54, 1.807) is 18.5 Å². The van der Waals surface area contributed by atoms with Crippen LogP contribution >= 0.6 is 0 Å². The lowest BCUT2D eigenvalue weighted by molar-refractivity contribution is -0.133. The van der Waals surface area contributed by atoms with Crippen LogP contribution in [0.1, 0.15) is 24.3 Å². The number of likely N-dealkylation sites (tertiary alicyclic amines) is 1. The van der Waals surface area contributed by atoms with Crippen molar-refractivity contribution in [2.24, 2.45) is 0 Å². The SMILES string of the molecule is O=C(Cn1ncc2ccccc2c1=O)N1CCC(c2c[nH]c3ncccc23)CC1. The minimum atomic E-state index is -0.224. The van der Waals surface area contributed by atoms with Gasteiger partial charge in [-0.15, -0.1) is 0 Å². The number of aromatic amines is 1. The average molecular weight is 387 g/mol. The molecule has 0 bridgehead atoms. The zero-order valence-corrected chi connectivity index (χ0v) is 15.9. The van der Waals surface area contributed by atoms with Crippen molar-refractivity contribution >= 4 is 27.7 Å². The molecular formula is C22H21N5O2. The highest BCUT2D eigenvalue weighted by Crippen LogP contribution is 2.32. The van der Waals surface area contributed by atoms with Crippen molar-refractivity contribution in [1.82, 2.24) is 24.6 Å². The van der Waals surface area contributed by atoms with E-state index in [2.05, 4.69) is 21.1 Å². The van der Waals surface area contributed by atoms with Crippen molar-refractivity contribution in [3.8, 4) is 0 Å². The highest BCUT2D eigenvalue weighted by Gasteiger charge is 2.26. The fraction of sp³-hybridized carbons (Fsp3) is 0.273. The molecule has 146 valence electrons. The number of fused-ring (bicyclic) bond motifs is 2. The van der Waals surface area contributed by atoms with Crippen LogP contribution in [0.2, 0.25) is 0 Å². The van der Waals surface area contributed by atoms with Gasteiger partial charge in [-0.05, 0) is 42.5 Å². The van der Waals surface area contributed by atoms with Crippen molar-refractivity contribution in [2.75, 3.05) is 13.1 Å². The summed E-state index contributed by atoms with van der Waals surface area (Å²) in [6.07, 6.45) is 7.26. The van der Waals surface area contributed by atoms with Gasteiger partial charge < -0.3 is 9.88 Å². The fourth-order valence-electron chi connectivity index (χ4n) is 4.22. The minimum absolute atomic E-state index is 0.0225. The molecular weight excluding hydrogens is 366 g/mol. The van der Waals surface area contributed by atoms with Gasteiger partial charge in [-0.1, -0.05) is 18.2 Å². The van der Waals surface area contributed by atoms with E-state index in [0.717, 1.165) is 29.3 Å². The first-order valence-electron chi connectivity index (χ1n) is 9.85. The standard InChI is InChI=1S/C22H21N5O2/c28-20(14-27-22(29)17-5-2-1-4-16(17)12-25-27)26-10-7-15(8-11-26)19-13-24-21-18(19)6-3-9-23-21/h1-6,9,12-13,15H,7-8,10-11,14H2,(H,23,24). The second kappa shape index (κ2) is 7.16. The first-order valence-corrected chi connectivity index (χ1v) is 9.85.